The fourth-order valence-corrected chi connectivity index (χ4v) is 6.49. The van der Waals surface area contributed by atoms with Gasteiger partial charge in [-0.15, -0.1) is 0 Å². The van der Waals surface area contributed by atoms with Gasteiger partial charge in [-0.05, 0) is 51.4 Å². The number of likely N-dealkylation sites (N-methyl/N-ethyl adjacent to an activating group) is 1. The van der Waals surface area contributed by atoms with E-state index in [9.17, 15) is 19.5 Å². The summed E-state index contributed by atoms with van der Waals surface area (Å²) in [6.07, 6.45) is 45.8. The highest BCUT2D eigenvalue weighted by Crippen LogP contribution is 2.15. The maximum atomic E-state index is 12.7. The summed E-state index contributed by atoms with van der Waals surface area (Å²) in [5.41, 5.74) is 0. The number of aliphatic carboxylic acids is 1. The Morgan fingerprint density at radius 1 is 0.554 bits per heavy atom. The van der Waals surface area contributed by atoms with Gasteiger partial charge in [0.2, 0.25) is 0 Å². The molecule has 0 saturated carbocycles. The Morgan fingerprint density at radius 3 is 1.48 bits per heavy atom. The maximum absolute atomic E-state index is 12.7. The Bertz CT molecular complexity index is 1060. The molecule has 0 radical (unpaired) electrons. The smallest absolute Gasteiger partial charge is 0.362 e. The van der Waals surface area contributed by atoms with Gasteiger partial charge >= 0.3 is 17.9 Å². The van der Waals surface area contributed by atoms with Gasteiger partial charge in [-0.3, -0.25) is 9.59 Å². The van der Waals surface area contributed by atoms with Gasteiger partial charge in [-0.2, -0.15) is 0 Å². The van der Waals surface area contributed by atoms with E-state index in [1.807, 2.05) is 21.1 Å². The number of carbonyl (C=O) groups excluding carboxylic acids is 2. The molecule has 8 nitrogen and oxygen atoms in total. The number of carboxylic acids is 1. The first-order valence-electron chi connectivity index (χ1n) is 22.7. The predicted molar refractivity (Wildman–Crippen MR) is 234 cm³/mol. The van der Waals surface area contributed by atoms with Gasteiger partial charge in [0, 0.05) is 19.3 Å². The zero-order chi connectivity index (χ0) is 41.4. The molecule has 56 heavy (non-hydrogen) atoms. The monoisotopic (exact) mass is 789 g/mol. The van der Waals surface area contributed by atoms with Gasteiger partial charge in [-0.25, -0.2) is 4.79 Å². The molecular weight excluding hydrogens is 703 g/mol. The van der Waals surface area contributed by atoms with Crippen molar-refractivity contribution in [2.45, 2.75) is 199 Å². The number of rotatable bonds is 40. The van der Waals surface area contributed by atoms with Crippen LogP contribution in [-0.2, 0) is 28.6 Å². The number of unbranched alkanes of at least 4 members (excludes halogenated alkanes) is 18. The van der Waals surface area contributed by atoms with Crippen LogP contribution in [0, 0.1) is 0 Å². The molecule has 0 aromatic rings. The molecule has 0 spiro atoms. The number of esters is 2. The van der Waals surface area contributed by atoms with Gasteiger partial charge in [0.1, 0.15) is 6.61 Å². The average molecular weight is 789 g/mol. The Morgan fingerprint density at radius 2 is 1.00 bits per heavy atom. The second-order valence-electron chi connectivity index (χ2n) is 16.3. The third-order valence-electron chi connectivity index (χ3n) is 9.99. The van der Waals surface area contributed by atoms with Crippen molar-refractivity contribution in [3.05, 3.63) is 48.6 Å². The fourth-order valence-electron chi connectivity index (χ4n) is 6.49. The van der Waals surface area contributed by atoms with E-state index in [1.165, 1.54) is 83.5 Å². The first-order valence-corrected chi connectivity index (χ1v) is 22.7. The van der Waals surface area contributed by atoms with Crippen LogP contribution in [0.15, 0.2) is 48.6 Å². The van der Waals surface area contributed by atoms with E-state index in [1.54, 1.807) is 0 Å². The van der Waals surface area contributed by atoms with Crippen LogP contribution in [0.5, 0.6) is 0 Å². The topological polar surface area (TPSA) is 99.1 Å². The van der Waals surface area contributed by atoms with Gasteiger partial charge in [0.25, 0.3) is 0 Å². The molecule has 0 aromatic carbocycles. The Balaban J connectivity index is 4.37. The van der Waals surface area contributed by atoms with E-state index in [0.29, 0.717) is 19.3 Å². The number of carboxylic acid groups (broad SMARTS) is 1. The zero-order valence-electron chi connectivity index (χ0n) is 36.8. The molecule has 0 saturated heterocycles. The largest absolute Gasteiger partial charge is 0.477 e. The molecule has 1 N–H and O–H groups in total. The minimum Gasteiger partial charge on any atom is -0.477 e. The summed E-state index contributed by atoms with van der Waals surface area (Å²) in [5, 5.41) is 9.62. The van der Waals surface area contributed by atoms with E-state index in [2.05, 4.69) is 62.5 Å². The second kappa shape index (κ2) is 39.1. The van der Waals surface area contributed by atoms with Crippen LogP contribution in [0.4, 0.5) is 0 Å². The molecule has 324 valence electrons. The lowest BCUT2D eigenvalue weighted by molar-refractivity contribution is -0.887. The van der Waals surface area contributed by atoms with Crippen molar-refractivity contribution in [3.63, 3.8) is 0 Å². The number of nitrogens with zero attached hydrogens (tertiary/aromatic N) is 1. The van der Waals surface area contributed by atoms with Gasteiger partial charge in [-0.1, -0.05) is 165 Å². The number of quaternary nitrogens is 1. The quantitative estimate of drug-likeness (QED) is 0.0286. The van der Waals surface area contributed by atoms with Crippen LogP contribution in [0.3, 0.4) is 0 Å². The van der Waals surface area contributed by atoms with Crippen LogP contribution < -0.4 is 0 Å². The summed E-state index contributed by atoms with van der Waals surface area (Å²) < 4.78 is 17.3. The average Bonchev–Trinajstić information content (AvgIpc) is 3.15. The molecule has 0 aliphatic carbocycles. The van der Waals surface area contributed by atoms with Crippen molar-refractivity contribution in [1.82, 2.24) is 0 Å². The highest BCUT2D eigenvalue weighted by Gasteiger charge is 2.31. The maximum Gasteiger partial charge on any atom is 0.362 e. The molecule has 2 atom stereocenters. The first-order chi connectivity index (χ1) is 27.1. The standard InChI is InChI=1S/C48H85NO7/c1-6-8-10-12-14-16-18-20-22-24-26-28-30-32-34-36-38-46(50)55-43-44(42-54-41-40-45(48(52)53)49(3,4)5)56-47(51)39-37-35-33-31-29-27-25-23-21-19-17-15-13-11-9-7-2/h8,10,14,16,20,22,26,28,44-45H,6-7,9,11-13,15,17-19,21,23-25,27,29-43H2,1-5H3/p+1/b10-8+,16-14+,22-20+,28-26+. The normalized spacial score (nSPS) is 13.4. The lowest BCUT2D eigenvalue weighted by Gasteiger charge is -2.31. The number of allylic oxidation sites excluding steroid dienone is 8. The van der Waals surface area contributed by atoms with Gasteiger partial charge in [0.05, 0.1) is 34.4 Å². The zero-order valence-corrected chi connectivity index (χ0v) is 36.8. The van der Waals surface area contributed by atoms with Crippen LogP contribution in [0.25, 0.3) is 0 Å². The minimum absolute atomic E-state index is 0.0519. The molecule has 0 heterocycles. The number of hydrogen-bond acceptors (Lipinski definition) is 6. The summed E-state index contributed by atoms with van der Waals surface area (Å²) in [4.78, 5) is 37.0. The highest BCUT2D eigenvalue weighted by molar-refractivity contribution is 5.72. The first kappa shape index (κ1) is 53.3. The molecule has 0 aliphatic rings. The number of carbonyl (C=O) groups is 3. The van der Waals surface area contributed by atoms with E-state index < -0.39 is 18.1 Å². The SMILES string of the molecule is CC/C=C/C/C=C/C/C=C/C/C=C/CCCCCC(=O)OCC(COCCC(C(=O)O)[N+](C)(C)C)OC(=O)CCCCCCCCCCCCCCCCCC. The lowest BCUT2D eigenvalue weighted by atomic mass is 10.0. The molecule has 2 unspecified atom stereocenters. The Labute approximate surface area is 344 Å². The Kier molecular flexibility index (Phi) is 37.2. The summed E-state index contributed by atoms with van der Waals surface area (Å²) >= 11 is 0. The fraction of sp³-hybridized carbons (Fsp3) is 0.771. The molecule has 0 aromatic heterocycles. The molecule has 0 bridgehead atoms. The third-order valence-corrected chi connectivity index (χ3v) is 9.99. The molecule has 0 fully saturated rings. The summed E-state index contributed by atoms with van der Waals surface area (Å²) in [7, 11) is 5.52. The Hall–Kier alpha value is -2.71. The molecule has 0 aliphatic heterocycles. The molecule has 0 amide bonds. The highest BCUT2D eigenvalue weighted by atomic mass is 16.6. The number of ether oxygens (including phenoxy) is 3. The number of hydrogen-bond donors (Lipinski definition) is 1. The van der Waals surface area contributed by atoms with E-state index in [0.717, 1.165) is 70.6 Å². The third kappa shape index (κ3) is 36.9. The van der Waals surface area contributed by atoms with Crippen molar-refractivity contribution in [2.24, 2.45) is 0 Å². The van der Waals surface area contributed by atoms with Crippen molar-refractivity contribution in [3.8, 4) is 0 Å². The minimum atomic E-state index is -0.879. The van der Waals surface area contributed by atoms with Crippen LogP contribution in [0.1, 0.15) is 187 Å². The lowest BCUT2D eigenvalue weighted by Crippen LogP contribution is -2.50. The van der Waals surface area contributed by atoms with E-state index in [-0.39, 0.29) is 36.2 Å². The van der Waals surface area contributed by atoms with Crippen LogP contribution in [-0.4, -0.2) is 80.6 Å². The summed E-state index contributed by atoms with van der Waals surface area (Å²) in [6, 6.07) is -0.619. The van der Waals surface area contributed by atoms with Crippen molar-refractivity contribution >= 4 is 17.9 Å². The summed E-state index contributed by atoms with van der Waals surface area (Å²) in [6.45, 7) is 4.60. The van der Waals surface area contributed by atoms with E-state index in [4.69, 9.17) is 14.2 Å². The molecule has 8 heteroatoms. The van der Waals surface area contributed by atoms with Crippen molar-refractivity contribution < 1.29 is 38.2 Å². The van der Waals surface area contributed by atoms with Gasteiger partial charge in [0.15, 0.2) is 12.1 Å². The molecular formula is C48H86NO7+. The molecule has 0 rings (SSSR count). The van der Waals surface area contributed by atoms with E-state index >= 15 is 0 Å². The van der Waals surface area contributed by atoms with Crippen LogP contribution >= 0.6 is 0 Å². The second-order valence-corrected chi connectivity index (χ2v) is 16.3. The van der Waals surface area contributed by atoms with Crippen molar-refractivity contribution in [2.75, 3.05) is 41.0 Å². The van der Waals surface area contributed by atoms with Crippen LogP contribution in [0.2, 0.25) is 0 Å². The van der Waals surface area contributed by atoms with Gasteiger partial charge < -0.3 is 23.8 Å². The summed E-state index contributed by atoms with van der Waals surface area (Å²) in [5.74, 6) is -1.50. The predicted octanol–water partition coefficient (Wildman–Crippen LogP) is 12.4. The van der Waals surface area contributed by atoms with Crippen molar-refractivity contribution in [1.29, 1.82) is 0 Å².